The van der Waals surface area contributed by atoms with Crippen LogP contribution in [0, 0.1) is 18.3 Å². The lowest BCUT2D eigenvalue weighted by Gasteiger charge is -2.23. The maximum absolute atomic E-state index is 12.5. The number of nitrogens with zero attached hydrogens (tertiary/aromatic N) is 1. The van der Waals surface area contributed by atoms with Crippen LogP contribution in [-0.4, -0.2) is 4.98 Å². The lowest BCUT2D eigenvalue weighted by molar-refractivity contribution is 0.923. The maximum Gasteiger partial charge on any atom is 0.266 e. The normalized spacial score (nSPS) is 12.2. The van der Waals surface area contributed by atoms with E-state index < -0.39 is 0 Å². The van der Waals surface area contributed by atoms with Crippen molar-refractivity contribution >= 4 is 0 Å². The molecule has 0 saturated heterocycles. The highest BCUT2D eigenvalue weighted by Gasteiger charge is 2.24. The van der Waals surface area contributed by atoms with Gasteiger partial charge >= 0.3 is 0 Å². The minimum atomic E-state index is -0.316. The molecule has 1 heterocycles. The van der Waals surface area contributed by atoms with Gasteiger partial charge in [0.1, 0.15) is 11.6 Å². The van der Waals surface area contributed by atoms with E-state index in [-0.39, 0.29) is 11.1 Å². The zero-order chi connectivity index (χ0) is 16.7. The molecule has 0 radical (unpaired) electrons. The summed E-state index contributed by atoms with van der Waals surface area (Å²) in [6.45, 7) is 2.03. The summed E-state index contributed by atoms with van der Waals surface area (Å²) in [6.07, 6.45) is 1.74. The molecule has 3 aromatic rings. The second-order valence-electron chi connectivity index (χ2n) is 6.19. The lowest BCUT2D eigenvalue weighted by atomic mass is 9.83. The van der Waals surface area contributed by atoms with Crippen molar-refractivity contribution in [3.8, 4) is 28.5 Å². The number of hydrogen-bond donors (Lipinski definition) is 1. The van der Waals surface area contributed by atoms with Gasteiger partial charge in [-0.2, -0.15) is 5.26 Å². The second-order valence-corrected chi connectivity index (χ2v) is 6.19. The third kappa shape index (κ3) is 2.16. The molecule has 0 bridgehead atoms. The zero-order valence-electron chi connectivity index (χ0n) is 13.4. The van der Waals surface area contributed by atoms with E-state index >= 15 is 0 Å². The quantitative estimate of drug-likeness (QED) is 0.738. The van der Waals surface area contributed by atoms with Crippen molar-refractivity contribution < 1.29 is 0 Å². The topological polar surface area (TPSA) is 56.6 Å². The number of aromatic amines is 1. The van der Waals surface area contributed by atoms with Crippen molar-refractivity contribution in [3.05, 3.63) is 81.1 Å². The summed E-state index contributed by atoms with van der Waals surface area (Å²) in [6, 6.07) is 18.3. The van der Waals surface area contributed by atoms with Crippen molar-refractivity contribution in [1.29, 1.82) is 5.26 Å². The highest BCUT2D eigenvalue weighted by molar-refractivity contribution is 5.82. The molecule has 1 N–H and O–H groups in total. The molecule has 2 aromatic carbocycles. The van der Waals surface area contributed by atoms with Crippen molar-refractivity contribution in [3.63, 3.8) is 0 Å². The number of fused-ring (bicyclic) bond motifs is 3. The van der Waals surface area contributed by atoms with E-state index in [9.17, 15) is 10.1 Å². The first-order chi connectivity index (χ1) is 11.7. The standard InChI is InChI=1S/C21H16N2O/c1-13-6-8-15(9-7-13)19-17-11-10-14-4-2-3-5-16(14)20(17)23-21(24)18(19)12-22/h2-9H,10-11H2,1H3,(H,23,24). The summed E-state index contributed by atoms with van der Waals surface area (Å²) in [7, 11) is 0. The first-order valence-electron chi connectivity index (χ1n) is 8.03. The van der Waals surface area contributed by atoms with Gasteiger partial charge in [-0.25, -0.2) is 0 Å². The van der Waals surface area contributed by atoms with E-state index in [2.05, 4.69) is 17.1 Å². The summed E-state index contributed by atoms with van der Waals surface area (Å²) in [5.74, 6) is 0. The molecular weight excluding hydrogens is 296 g/mol. The van der Waals surface area contributed by atoms with Crippen LogP contribution >= 0.6 is 0 Å². The average Bonchev–Trinajstić information content (AvgIpc) is 2.61. The van der Waals surface area contributed by atoms with Gasteiger partial charge in [0.05, 0.1) is 5.69 Å². The molecule has 0 fully saturated rings. The first kappa shape index (κ1) is 14.5. The molecule has 0 spiro atoms. The minimum Gasteiger partial charge on any atom is -0.320 e. The van der Waals surface area contributed by atoms with Gasteiger partial charge < -0.3 is 4.98 Å². The first-order valence-corrected chi connectivity index (χ1v) is 8.03. The fourth-order valence-electron chi connectivity index (χ4n) is 3.51. The molecular formula is C21H16N2O. The Kier molecular flexibility index (Phi) is 3.32. The Labute approximate surface area is 140 Å². The number of rotatable bonds is 1. The van der Waals surface area contributed by atoms with Gasteiger partial charge in [0.25, 0.3) is 5.56 Å². The molecule has 0 amide bonds. The van der Waals surface area contributed by atoms with Crippen molar-refractivity contribution in [2.45, 2.75) is 19.8 Å². The molecule has 1 aliphatic rings. The molecule has 0 unspecified atom stereocenters. The van der Waals surface area contributed by atoms with Gasteiger partial charge in [-0.05, 0) is 36.5 Å². The van der Waals surface area contributed by atoms with Gasteiger partial charge in [0.2, 0.25) is 0 Å². The molecule has 3 nitrogen and oxygen atoms in total. The number of pyridine rings is 1. The summed E-state index contributed by atoms with van der Waals surface area (Å²) in [4.78, 5) is 15.5. The van der Waals surface area contributed by atoms with Gasteiger partial charge in [-0.15, -0.1) is 0 Å². The van der Waals surface area contributed by atoms with Crippen LogP contribution in [0.4, 0.5) is 0 Å². The number of nitriles is 1. The van der Waals surface area contributed by atoms with E-state index in [0.717, 1.165) is 46.4 Å². The van der Waals surface area contributed by atoms with E-state index in [1.54, 1.807) is 0 Å². The maximum atomic E-state index is 12.5. The highest BCUT2D eigenvalue weighted by Crippen LogP contribution is 2.37. The van der Waals surface area contributed by atoms with Gasteiger partial charge in [0.15, 0.2) is 0 Å². The monoisotopic (exact) mass is 312 g/mol. The van der Waals surface area contributed by atoms with Gasteiger partial charge in [-0.1, -0.05) is 54.1 Å². The van der Waals surface area contributed by atoms with Crippen LogP contribution in [0.1, 0.15) is 22.3 Å². The molecule has 1 aromatic heterocycles. The van der Waals surface area contributed by atoms with Crippen LogP contribution in [0.25, 0.3) is 22.4 Å². The third-order valence-electron chi connectivity index (χ3n) is 4.70. The highest BCUT2D eigenvalue weighted by atomic mass is 16.1. The fraction of sp³-hybridized carbons (Fsp3) is 0.143. The molecule has 3 heteroatoms. The van der Waals surface area contributed by atoms with Crippen LogP contribution < -0.4 is 5.56 Å². The summed E-state index contributed by atoms with van der Waals surface area (Å²) in [5, 5.41) is 9.54. The molecule has 4 rings (SSSR count). The van der Waals surface area contributed by atoms with Gasteiger partial charge in [0, 0.05) is 11.1 Å². The van der Waals surface area contributed by atoms with Gasteiger partial charge in [-0.3, -0.25) is 4.79 Å². The zero-order valence-corrected chi connectivity index (χ0v) is 13.4. The van der Waals surface area contributed by atoms with Crippen molar-refractivity contribution in [1.82, 2.24) is 4.98 Å². The second kappa shape index (κ2) is 5.50. The SMILES string of the molecule is Cc1ccc(-c2c3c([nH]c(=O)c2C#N)-c2ccccc2CC3)cc1. The molecule has 0 aliphatic heterocycles. The Morgan fingerprint density at radius 2 is 1.79 bits per heavy atom. The Morgan fingerprint density at radius 1 is 1.04 bits per heavy atom. The van der Waals surface area contributed by atoms with E-state index in [0.29, 0.717) is 0 Å². The summed E-state index contributed by atoms with van der Waals surface area (Å²) in [5.41, 5.74) is 6.98. The van der Waals surface area contributed by atoms with E-state index in [1.807, 2.05) is 49.4 Å². The van der Waals surface area contributed by atoms with Crippen molar-refractivity contribution in [2.24, 2.45) is 0 Å². The van der Waals surface area contributed by atoms with E-state index in [4.69, 9.17) is 0 Å². The van der Waals surface area contributed by atoms with Crippen LogP contribution in [0.15, 0.2) is 53.3 Å². The van der Waals surface area contributed by atoms with Crippen LogP contribution in [-0.2, 0) is 12.8 Å². The average molecular weight is 312 g/mol. The van der Waals surface area contributed by atoms with Crippen LogP contribution in [0.5, 0.6) is 0 Å². The van der Waals surface area contributed by atoms with Crippen LogP contribution in [0.2, 0.25) is 0 Å². The Bertz CT molecular complexity index is 1040. The Balaban J connectivity index is 2.08. The van der Waals surface area contributed by atoms with E-state index in [1.165, 1.54) is 5.56 Å². The Hall–Kier alpha value is -3.12. The number of H-pyrrole nitrogens is 1. The minimum absolute atomic E-state index is 0.206. The van der Waals surface area contributed by atoms with Crippen molar-refractivity contribution in [2.75, 3.05) is 0 Å². The van der Waals surface area contributed by atoms with Crippen LogP contribution in [0.3, 0.4) is 0 Å². The molecule has 116 valence electrons. The summed E-state index contributed by atoms with van der Waals surface area (Å²) < 4.78 is 0. The lowest BCUT2D eigenvalue weighted by Crippen LogP contribution is -2.19. The third-order valence-corrected chi connectivity index (χ3v) is 4.70. The predicted molar refractivity (Wildman–Crippen MR) is 94.8 cm³/mol. The molecule has 1 aliphatic carbocycles. The summed E-state index contributed by atoms with van der Waals surface area (Å²) >= 11 is 0. The number of benzene rings is 2. The number of hydrogen-bond acceptors (Lipinski definition) is 2. The molecule has 0 saturated carbocycles. The number of aryl methyl sites for hydroxylation is 2. The number of aromatic nitrogens is 1. The Morgan fingerprint density at radius 3 is 2.54 bits per heavy atom. The largest absolute Gasteiger partial charge is 0.320 e. The molecule has 0 atom stereocenters. The number of nitrogens with one attached hydrogen (secondary N) is 1. The smallest absolute Gasteiger partial charge is 0.266 e. The molecule has 24 heavy (non-hydrogen) atoms. The fourth-order valence-corrected chi connectivity index (χ4v) is 3.51. The predicted octanol–water partition coefficient (Wildman–Crippen LogP) is 3.99.